The fraction of sp³-hybridized carbons (Fsp3) is 0.562. The highest BCUT2D eigenvalue weighted by molar-refractivity contribution is 9.10. The number of hydrogen-bond acceptors (Lipinski definition) is 3. The van der Waals surface area contributed by atoms with Gasteiger partial charge in [0.05, 0.1) is 11.1 Å². The highest BCUT2D eigenvalue weighted by Gasteiger charge is 2.22. The molecule has 1 heterocycles. The number of ether oxygens (including phenoxy) is 1. The van der Waals surface area contributed by atoms with Crippen LogP contribution in [0.25, 0.3) is 0 Å². The normalized spacial score (nSPS) is 20.8. The maximum atomic E-state index is 11.9. The van der Waals surface area contributed by atoms with Crippen molar-refractivity contribution in [2.75, 3.05) is 19.7 Å². The third-order valence-electron chi connectivity index (χ3n) is 3.82. The van der Waals surface area contributed by atoms with Gasteiger partial charge in [0.15, 0.2) is 0 Å². The number of rotatable bonds is 6. The number of halogens is 2. The number of carbonyl (C=O) groups excluding carboxylic acids is 1. The van der Waals surface area contributed by atoms with Crippen LogP contribution in [0.2, 0.25) is 0 Å². The molecule has 0 aliphatic carbocycles. The van der Waals surface area contributed by atoms with Crippen molar-refractivity contribution in [1.82, 2.24) is 10.6 Å². The first-order chi connectivity index (χ1) is 10.2. The minimum Gasteiger partial charge on any atom is -0.492 e. The highest BCUT2D eigenvalue weighted by Crippen LogP contribution is 2.23. The quantitative estimate of drug-likeness (QED) is 0.733. The Bertz CT molecular complexity index is 473. The fourth-order valence-corrected chi connectivity index (χ4v) is 2.84. The number of hydrogen-bond donors (Lipinski definition) is 2. The molecule has 2 rings (SSSR count). The van der Waals surface area contributed by atoms with Crippen LogP contribution in [-0.4, -0.2) is 31.6 Å². The predicted molar refractivity (Wildman–Crippen MR) is 94.7 cm³/mol. The van der Waals surface area contributed by atoms with Gasteiger partial charge in [-0.05, 0) is 53.4 Å². The number of nitrogens with one attached hydrogen (secondary N) is 2. The largest absolute Gasteiger partial charge is 0.492 e. The van der Waals surface area contributed by atoms with Crippen LogP contribution in [0, 0.1) is 5.92 Å². The van der Waals surface area contributed by atoms with Gasteiger partial charge in [-0.25, -0.2) is 0 Å². The summed E-state index contributed by atoms with van der Waals surface area (Å²) in [5, 5.41) is 6.43. The number of carbonyl (C=O) groups is 1. The Kier molecular flexibility index (Phi) is 8.83. The van der Waals surface area contributed by atoms with Crippen molar-refractivity contribution in [2.24, 2.45) is 5.92 Å². The van der Waals surface area contributed by atoms with Gasteiger partial charge in [-0.15, -0.1) is 12.4 Å². The summed E-state index contributed by atoms with van der Waals surface area (Å²) < 4.78 is 6.60. The van der Waals surface area contributed by atoms with Crippen LogP contribution < -0.4 is 15.4 Å². The zero-order valence-electron chi connectivity index (χ0n) is 12.8. The Morgan fingerprint density at radius 2 is 2.23 bits per heavy atom. The van der Waals surface area contributed by atoms with E-state index in [4.69, 9.17) is 4.74 Å². The molecule has 22 heavy (non-hydrogen) atoms. The molecule has 6 heteroatoms. The van der Waals surface area contributed by atoms with Crippen molar-refractivity contribution in [2.45, 2.75) is 32.2 Å². The second-order valence-corrected chi connectivity index (χ2v) is 6.38. The molecule has 1 amide bonds. The average molecular weight is 392 g/mol. The average Bonchev–Trinajstić information content (AvgIpc) is 2.48. The van der Waals surface area contributed by atoms with Gasteiger partial charge in [0, 0.05) is 19.0 Å². The molecule has 2 N–H and O–H groups in total. The van der Waals surface area contributed by atoms with Gasteiger partial charge >= 0.3 is 0 Å². The van der Waals surface area contributed by atoms with Gasteiger partial charge in [-0.1, -0.05) is 19.1 Å². The van der Waals surface area contributed by atoms with E-state index in [1.807, 2.05) is 24.3 Å². The maximum absolute atomic E-state index is 11.9. The lowest BCUT2D eigenvalue weighted by molar-refractivity contribution is -0.122. The van der Waals surface area contributed by atoms with Crippen LogP contribution in [0.4, 0.5) is 0 Å². The standard InChI is InChI=1S/C16H23BrN2O2.ClH/c1-12-8-9-18-11-14(12)19-16(20)7-4-10-21-15-6-3-2-5-13(15)17;/h2-3,5-6,12,14,18H,4,7-11H2,1H3,(H,19,20);1H. The van der Waals surface area contributed by atoms with Crippen LogP contribution in [0.1, 0.15) is 26.2 Å². The van der Waals surface area contributed by atoms with Gasteiger partial charge in [-0.3, -0.25) is 4.79 Å². The second-order valence-electron chi connectivity index (χ2n) is 5.53. The molecule has 0 aromatic heterocycles. The number of amides is 1. The topological polar surface area (TPSA) is 50.4 Å². The van der Waals surface area contributed by atoms with Gasteiger partial charge in [0.1, 0.15) is 5.75 Å². The molecule has 0 radical (unpaired) electrons. The van der Waals surface area contributed by atoms with Crippen LogP contribution in [0.15, 0.2) is 28.7 Å². The molecule has 2 unspecified atom stereocenters. The molecule has 0 saturated carbocycles. The molecule has 4 nitrogen and oxygen atoms in total. The van der Waals surface area contributed by atoms with Crippen molar-refractivity contribution in [3.8, 4) is 5.75 Å². The summed E-state index contributed by atoms with van der Waals surface area (Å²) in [7, 11) is 0. The van der Waals surface area contributed by atoms with Gasteiger partial charge in [0.25, 0.3) is 0 Å². The lowest BCUT2D eigenvalue weighted by atomic mass is 9.95. The molecule has 0 bridgehead atoms. The van der Waals surface area contributed by atoms with Gasteiger partial charge in [0.2, 0.25) is 5.91 Å². The van der Waals surface area contributed by atoms with Crippen molar-refractivity contribution in [1.29, 1.82) is 0 Å². The number of para-hydroxylation sites is 1. The smallest absolute Gasteiger partial charge is 0.220 e. The van der Waals surface area contributed by atoms with Crippen molar-refractivity contribution >= 4 is 34.2 Å². The molecule has 1 aromatic carbocycles. The molecular formula is C16H24BrClN2O2. The Balaban J connectivity index is 0.00000242. The molecule has 1 saturated heterocycles. The second kappa shape index (κ2) is 10.1. The minimum atomic E-state index is 0. The Morgan fingerprint density at radius 1 is 1.45 bits per heavy atom. The minimum absolute atomic E-state index is 0. The summed E-state index contributed by atoms with van der Waals surface area (Å²) >= 11 is 3.44. The first kappa shape index (κ1) is 19.3. The third kappa shape index (κ3) is 6.15. The van der Waals surface area contributed by atoms with E-state index in [0.717, 1.165) is 36.2 Å². The first-order valence-corrected chi connectivity index (χ1v) is 8.33. The summed E-state index contributed by atoms with van der Waals surface area (Å²) in [5.74, 6) is 1.49. The SMILES string of the molecule is CC1CCNCC1NC(=O)CCCOc1ccccc1Br.Cl. The lowest BCUT2D eigenvalue weighted by Gasteiger charge is -2.30. The summed E-state index contributed by atoms with van der Waals surface area (Å²) in [5.41, 5.74) is 0. The lowest BCUT2D eigenvalue weighted by Crippen LogP contribution is -2.50. The molecule has 0 spiro atoms. The number of piperidine rings is 1. The van der Waals surface area contributed by atoms with Crippen molar-refractivity contribution < 1.29 is 9.53 Å². The van der Waals surface area contributed by atoms with E-state index in [-0.39, 0.29) is 24.4 Å². The molecule has 1 aliphatic rings. The van der Waals surface area contributed by atoms with Crippen molar-refractivity contribution in [3.63, 3.8) is 0 Å². The van der Waals surface area contributed by atoms with E-state index in [0.29, 0.717) is 18.9 Å². The van der Waals surface area contributed by atoms with E-state index in [9.17, 15) is 4.79 Å². The first-order valence-electron chi connectivity index (χ1n) is 7.54. The Hall–Kier alpha value is -0.780. The van der Waals surface area contributed by atoms with Crippen LogP contribution in [-0.2, 0) is 4.79 Å². The zero-order valence-corrected chi connectivity index (χ0v) is 15.2. The highest BCUT2D eigenvalue weighted by atomic mass is 79.9. The third-order valence-corrected chi connectivity index (χ3v) is 4.47. The fourth-order valence-electron chi connectivity index (χ4n) is 2.44. The van der Waals surface area contributed by atoms with E-state index >= 15 is 0 Å². The van der Waals surface area contributed by atoms with E-state index in [1.165, 1.54) is 0 Å². The molecule has 1 fully saturated rings. The van der Waals surface area contributed by atoms with Crippen LogP contribution in [0.5, 0.6) is 5.75 Å². The van der Waals surface area contributed by atoms with Crippen LogP contribution in [0.3, 0.4) is 0 Å². The Morgan fingerprint density at radius 3 is 2.95 bits per heavy atom. The van der Waals surface area contributed by atoms with E-state index in [2.05, 4.69) is 33.5 Å². The zero-order chi connectivity index (χ0) is 15.1. The molecule has 1 aliphatic heterocycles. The molecule has 1 aromatic rings. The van der Waals surface area contributed by atoms with E-state index in [1.54, 1.807) is 0 Å². The summed E-state index contributed by atoms with van der Waals surface area (Å²) in [6, 6.07) is 8.00. The summed E-state index contributed by atoms with van der Waals surface area (Å²) in [6.07, 6.45) is 2.35. The summed E-state index contributed by atoms with van der Waals surface area (Å²) in [4.78, 5) is 11.9. The van der Waals surface area contributed by atoms with E-state index < -0.39 is 0 Å². The Labute approximate surface area is 146 Å². The molecule has 124 valence electrons. The van der Waals surface area contributed by atoms with Crippen molar-refractivity contribution in [3.05, 3.63) is 28.7 Å². The molecular weight excluding hydrogens is 368 g/mol. The maximum Gasteiger partial charge on any atom is 0.220 e. The van der Waals surface area contributed by atoms with Gasteiger partial charge in [-0.2, -0.15) is 0 Å². The van der Waals surface area contributed by atoms with Crippen LogP contribution >= 0.6 is 28.3 Å². The molecule has 2 atom stereocenters. The summed E-state index contributed by atoms with van der Waals surface area (Å²) in [6.45, 7) is 4.67. The van der Waals surface area contributed by atoms with Gasteiger partial charge < -0.3 is 15.4 Å². The number of benzene rings is 1. The monoisotopic (exact) mass is 390 g/mol. The predicted octanol–water partition coefficient (Wildman–Crippen LogP) is 3.14.